The van der Waals surface area contributed by atoms with Gasteiger partial charge in [0.2, 0.25) is 5.91 Å². The van der Waals surface area contributed by atoms with Crippen LogP contribution < -0.4 is 10.6 Å². The molecule has 1 saturated heterocycles. The molecule has 9 heteroatoms. The number of sulfone groups is 1. The van der Waals surface area contributed by atoms with Gasteiger partial charge in [0, 0.05) is 18.3 Å². The molecule has 2 aromatic carbocycles. The number of carbonyl (C=O) groups excluding carboxylic acids is 2. The van der Waals surface area contributed by atoms with Crippen molar-refractivity contribution >= 4 is 33.0 Å². The Labute approximate surface area is 186 Å². The predicted molar refractivity (Wildman–Crippen MR) is 123 cm³/mol. The van der Waals surface area contributed by atoms with Crippen molar-refractivity contribution < 1.29 is 18.0 Å². The topological polar surface area (TPSA) is 110 Å². The van der Waals surface area contributed by atoms with Crippen molar-refractivity contribution in [3.05, 3.63) is 65.9 Å². The van der Waals surface area contributed by atoms with Crippen molar-refractivity contribution in [1.29, 1.82) is 0 Å². The fourth-order valence-electron chi connectivity index (χ4n) is 3.73. The molecule has 3 aromatic rings. The van der Waals surface area contributed by atoms with Crippen LogP contribution in [0.1, 0.15) is 35.4 Å². The summed E-state index contributed by atoms with van der Waals surface area (Å²) in [5.74, 6) is -0.443. The van der Waals surface area contributed by atoms with Gasteiger partial charge in [-0.15, -0.1) is 0 Å². The van der Waals surface area contributed by atoms with Gasteiger partial charge in [0.05, 0.1) is 23.2 Å². The minimum atomic E-state index is -3.11. The molecule has 0 spiro atoms. The van der Waals surface area contributed by atoms with Crippen molar-refractivity contribution in [1.82, 2.24) is 9.78 Å². The summed E-state index contributed by atoms with van der Waals surface area (Å²) in [4.78, 5) is 24.0. The quantitative estimate of drug-likeness (QED) is 0.616. The van der Waals surface area contributed by atoms with E-state index in [-0.39, 0.29) is 29.1 Å². The maximum atomic E-state index is 12.9. The van der Waals surface area contributed by atoms with Gasteiger partial charge in [-0.3, -0.25) is 14.3 Å². The van der Waals surface area contributed by atoms with Gasteiger partial charge in [-0.05, 0) is 49.2 Å². The smallest absolute Gasteiger partial charge is 0.276 e. The molecule has 1 unspecified atom stereocenters. The number of carbonyl (C=O) groups is 2. The summed E-state index contributed by atoms with van der Waals surface area (Å²) in [6.07, 6.45) is 0.467. The van der Waals surface area contributed by atoms with Crippen LogP contribution in [0.25, 0.3) is 11.3 Å². The number of aromatic nitrogens is 2. The number of amides is 2. The van der Waals surface area contributed by atoms with Gasteiger partial charge in [-0.25, -0.2) is 8.42 Å². The second-order valence-corrected chi connectivity index (χ2v) is 10.2. The van der Waals surface area contributed by atoms with E-state index in [1.54, 1.807) is 35.0 Å². The minimum absolute atomic E-state index is 0.0131. The van der Waals surface area contributed by atoms with Gasteiger partial charge < -0.3 is 10.6 Å². The lowest BCUT2D eigenvalue weighted by molar-refractivity contribution is -0.114. The fraction of sp³-hybridized carbons (Fsp3) is 0.261. The maximum Gasteiger partial charge on any atom is 0.276 e. The molecule has 2 N–H and O–H groups in total. The zero-order valence-corrected chi connectivity index (χ0v) is 18.6. The van der Waals surface area contributed by atoms with Crippen molar-refractivity contribution in [2.24, 2.45) is 0 Å². The Balaban J connectivity index is 1.62. The highest BCUT2D eigenvalue weighted by Gasteiger charge is 2.32. The van der Waals surface area contributed by atoms with E-state index in [0.717, 1.165) is 11.1 Å². The van der Waals surface area contributed by atoms with E-state index in [9.17, 15) is 18.0 Å². The standard InChI is InChI=1S/C23H24N4O4S/c1-15-3-5-17(6-4-15)22-13-21(26-27(22)20-11-12-32(30,31)14-20)23(29)25-19-9-7-18(8-10-19)24-16(2)28/h3-10,13,20H,11-12,14H2,1-2H3,(H,24,28)(H,25,29). The van der Waals surface area contributed by atoms with Crippen molar-refractivity contribution in [2.45, 2.75) is 26.3 Å². The van der Waals surface area contributed by atoms with Gasteiger partial charge in [0.25, 0.3) is 5.91 Å². The van der Waals surface area contributed by atoms with Crippen LogP contribution in [0, 0.1) is 6.92 Å². The number of anilines is 2. The maximum absolute atomic E-state index is 12.9. The van der Waals surface area contributed by atoms with Gasteiger partial charge in [-0.2, -0.15) is 5.10 Å². The Morgan fingerprint density at radius 3 is 2.19 bits per heavy atom. The molecule has 4 rings (SSSR count). The van der Waals surface area contributed by atoms with Crippen molar-refractivity contribution in [2.75, 3.05) is 22.1 Å². The number of aryl methyl sites for hydroxylation is 1. The third kappa shape index (κ3) is 4.88. The molecule has 2 amide bonds. The molecule has 2 heterocycles. The summed E-state index contributed by atoms with van der Waals surface area (Å²) < 4.78 is 25.7. The molecular formula is C23H24N4O4S. The van der Waals surface area contributed by atoms with Gasteiger partial charge >= 0.3 is 0 Å². The van der Waals surface area contributed by atoms with E-state index in [2.05, 4.69) is 15.7 Å². The zero-order valence-electron chi connectivity index (χ0n) is 17.8. The third-order valence-electron chi connectivity index (χ3n) is 5.33. The summed E-state index contributed by atoms with van der Waals surface area (Å²) in [7, 11) is -3.11. The van der Waals surface area contributed by atoms with Gasteiger partial charge in [0.15, 0.2) is 15.5 Å². The van der Waals surface area contributed by atoms with Crippen LogP contribution in [0.15, 0.2) is 54.6 Å². The van der Waals surface area contributed by atoms with Crippen LogP contribution in [-0.2, 0) is 14.6 Å². The van der Waals surface area contributed by atoms with E-state index in [0.29, 0.717) is 23.5 Å². The molecule has 1 aliphatic heterocycles. The number of benzene rings is 2. The first-order chi connectivity index (χ1) is 15.2. The molecule has 1 fully saturated rings. The molecule has 0 aliphatic carbocycles. The molecule has 0 saturated carbocycles. The first kappa shape index (κ1) is 21.8. The molecule has 0 bridgehead atoms. The largest absolute Gasteiger partial charge is 0.326 e. The van der Waals surface area contributed by atoms with Crippen molar-refractivity contribution in [3.63, 3.8) is 0 Å². The van der Waals surface area contributed by atoms with Crippen LogP contribution in [0.4, 0.5) is 11.4 Å². The monoisotopic (exact) mass is 452 g/mol. The van der Waals surface area contributed by atoms with E-state index < -0.39 is 15.7 Å². The number of rotatable bonds is 5. The molecular weight excluding hydrogens is 428 g/mol. The van der Waals surface area contributed by atoms with Gasteiger partial charge in [-0.1, -0.05) is 29.8 Å². The van der Waals surface area contributed by atoms with Crippen LogP contribution >= 0.6 is 0 Å². The first-order valence-electron chi connectivity index (χ1n) is 10.3. The Bertz CT molecular complexity index is 1260. The second-order valence-electron chi connectivity index (χ2n) is 7.99. The number of hydrogen-bond donors (Lipinski definition) is 2. The summed E-state index contributed by atoms with van der Waals surface area (Å²) in [6.45, 7) is 3.41. The molecule has 0 radical (unpaired) electrons. The minimum Gasteiger partial charge on any atom is -0.326 e. The SMILES string of the molecule is CC(=O)Nc1ccc(NC(=O)c2cc(-c3ccc(C)cc3)n(C3CCS(=O)(=O)C3)n2)cc1. The lowest BCUT2D eigenvalue weighted by atomic mass is 10.1. The Hall–Kier alpha value is -3.46. The van der Waals surface area contributed by atoms with Gasteiger partial charge in [0.1, 0.15) is 0 Å². The molecule has 1 aromatic heterocycles. The molecule has 1 atom stereocenters. The first-order valence-corrected chi connectivity index (χ1v) is 12.1. The molecule has 1 aliphatic rings. The van der Waals surface area contributed by atoms with Crippen LogP contribution in [0.5, 0.6) is 0 Å². The Kier molecular flexibility index (Phi) is 5.84. The van der Waals surface area contributed by atoms with Crippen molar-refractivity contribution in [3.8, 4) is 11.3 Å². The van der Waals surface area contributed by atoms with Crippen LogP contribution in [0.3, 0.4) is 0 Å². The lowest BCUT2D eigenvalue weighted by Crippen LogP contribution is -2.16. The number of nitrogens with zero attached hydrogens (tertiary/aromatic N) is 2. The highest BCUT2D eigenvalue weighted by atomic mass is 32.2. The zero-order chi connectivity index (χ0) is 22.9. The van der Waals surface area contributed by atoms with E-state index >= 15 is 0 Å². The highest BCUT2D eigenvalue weighted by molar-refractivity contribution is 7.91. The fourth-order valence-corrected chi connectivity index (χ4v) is 5.42. The normalized spacial score (nSPS) is 17.1. The molecule has 8 nitrogen and oxygen atoms in total. The predicted octanol–water partition coefficient (Wildman–Crippen LogP) is 3.43. The van der Waals surface area contributed by atoms with E-state index in [1.807, 2.05) is 31.2 Å². The third-order valence-corrected chi connectivity index (χ3v) is 7.08. The van der Waals surface area contributed by atoms with Crippen LogP contribution in [-0.4, -0.2) is 41.5 Å². The lowest BCUT2D eigenvalue weighted by Gasteiger charge is -2.13. The number of hydrogen-bond acceptors (Lipinski definition) is 5. The molecule has 166 valence electrons. The summed E-state index contributed by atoms with van der Waals surface area (Å²) in [5, 5.41) is 9.97. The van der Waals surface area contributed by atoms with E-state index in [4.69, 9.17) is 0 Å². The molecule has 32 heavy (non-hydrogen) atoms. The Morgan fingerprint density at radius 2 is 1.62 bits per heavy atom. The summed E-state index contributed by atoms with van der Waals surface area (Å²) in [6, 6.07) is 15.9. The van der Waals surface area contributed by atoms with Crippen LogP contribution in [0.2, 0.25) is 0 Å². The summed E-state index contributed by atoms with van der Waals surface area (Å²) in [5.41, 5.74) is 4.06. The average molecular weight is 453 g/mol. The average Bonchev–Trinajstić information content (AvgIpc) is 3.33. The highest BCUT2D eigenvalue weighted by Crippen LogP contribution is 2.30. The summed E-state index contributed by atoms with van der Waals surface area (Å²) >= 11 is 0. The second kappa shape index (κ2) is 8.58. The Morgan fingerprint density at radius 1 is 1.00 bits per heavy atom. The van der Waals surface area contributed by atoms with E-state index in [1.165, 1.54) is 6.92 Å². The number of nitrogens with one attached hydrogen (secondary N) is 2.